The fourth-order valence-electron chi connectivity index (χ4n) is 2.18. The van der Waals surface area contributed by atoms with Gasteiger partial charge >= 0.3 is 0 Å². The highest BCUT2D eigenvalue weighted by atomic mass is 32.2. The molecule has 1 aromatic carbocycles. The predicted molar refractivity (Wildman–Crippen MR) is 75.0 cm³/mol. The van der Waals surface area contributed by atoms with Crippen LogP contribution in [0.1, 0.15) is 23.2 Å². The lowest BCUT2D eigenvalue weighted by atomic mass is 9.96. The van der Waals surface area contributed by atoms with Gasteiger partial charge in [-0.3, -0.25) is 4.79 Å². The van der Waals surface area contributed by atoms with E-state index >= 15 is 0 Å². The summed E-state index contributed by atoms with van der Waals surface area (Å²) < 4.78 is 19.1. The quantitative estimate of drug-likeness (QED) is 0.922. The summed E-state index contributed by atoms with van der Waals surface area (Å²) in [4.78, 5) is 12.0. The molecule has 3 nitrogen and oxygen atoms in total. The van der Waals surface area contributed by atoms with Crippen molar-refractivity contribution >= 4 is 17.7 Å². The zero-order valence-corrected chi connectivity index (χ0v) is 11.8. The van der Waals surface area contributed by atoms with Crippen LogP contribution in [0.5, 0.6) is 0 Å². The van der Waals surface area contributed by atoms with Crippen LogP contribution in [-0.4, -0.2) is 36.7 Å². The third kappa shape index (κ3) is 3.48. The van der Waals surface area contributed by atoms with Gasteiger partial charge in [-0.15, -0.1) is 0 Å². The van der Waals surface area contributed by atoms with Crippen LogP contribution in [0.15, 0.2) is 24.3 Å². The molecule has 1 aliphatic rings. The first-order valence-electron chi connectivity index (χ1n) is 6.32. The van der Waals surface area contributed by atoms with Gasteiger partial charge in [0.15, 0.2) is 0 Å². The molecule has 0 bridgehead atoms. The smallest absolute Gasteiger partial charge is 0.254 e. The highest BCUT2D eigenvalue weighted by molar-refractivity contribution is 7.99. The number of rotatable bonds is 4. The molecule has 1 aromatic rings. The molecule has 0 atom stereocenters. The van der Waals surface area contributed by atoms with Crippen molar-refractivity contribution in [2.24, 2.45) is 0 Å². The Morgan fingerprint density at radius 2 is 2.11 bits per heavy atom. The highest BCUT2D eigenvalue weighted by Gasteiger charge is 2.32. The molecule has 1 heterocycles. The fourth-order valence-corrected chi connectivity index (χ4v) is 3.42. The zero-order chi connectivity index (χ0) is 13.7. The number of benzene rings is 1. The number of carbonyl (C=O) groups is 1. The maximum Gasteiger partial charge on any atom is 0.254 e. The second-order valence-electron chi connectivity index (χ2n) is 4.66. The Kier molecular flexibility index (Phi) is 4.82. The second-order valence-corrected chi connectivity index (χ2v) is 5.89. The third-order valence-electron chi connectivity index (χ3n) is 3.53. The number of thioether (sulfide) groups is 1. The monoisotopic (exact) mass is 283 g/mol. The Morgan fingerprint density at radius 1 is 1.42 bits per heavy atom. The maximum atomic E-state index is 13.5. The number of ether oxygens (including phenoxy) is 1. The number of amides is 1. The molecule has 1 amide bonds. The Morgan fingerprint density at radius 3 is 2.74 bits per heavy atom. The van der Waals surface area contributed by atoms with Gasteiger partial charge in [0, 0.05) is 13.7 Å². The topological polar surface area (TPSA) is 38.3 Å². The van der Waals surface area contributed by atoms with E-state index in [4.69, 9.17) is 4.74 Å². The van der Waals surface area contributed by atoms with Gasteiger partial charge in [-0.1, -0.05) is 12.1 Å². The second kappa shape index (κ2) is 6.39. The van der Waals surface area contributed by atoms with E-state index in [0.29, 0.717) is 6.54 Å². The average Bonchev–Trinajstić information content (AvgIpc) is 2.46. The molecule has 0 saturated carbocycles. The summed E-state index contributed by atoms with van der Waals surface area (Å²) in [6.07, 6.45) is 1.82. The first kappa shape index (κ1) is 14.3. The van der Waals surface area contributed by atoms with Gasteiger partial charge in [0.2, 0.25) is 0 Å². The van der Waals surface area contributed by atoms with Gasteiger partial charge in [-0.2, -0.15) is 11.8 Å². The van der Waals surface area contributed by atoms with Crippen LogP contribution in [-0.2, 0) is 4.74 Å². The lowest BCUT2D eigenvalue weighted by Gasteiger charge is -2.35. The van der Waals surface area contributed by atoms with Crippen molar-refractivity contribution in [2.75, 3.05) is 25.2 Å². The van der Waals surface area contributed by atoms with Gasteiger partial charge in [0.25, 0.3) is 5.91 Å². The first-order valence-corrected chi connectivity index (χ1v) is 7.48. The summed E-state index contributed by atoms with van der Waals surface area (Å²) in [5, 5.41) is 2.79. The molecule has 0 radical (unpaired) electrons. The standard InChI is InChI=1S/C14H18FNO2S/c1-18-14(6-8-19-9-7-14)10-16-13(17)11-4-2-3-5-12(11)15/h2-5H,6-10H2,1H3,(H,16,17). The van der Waals surface area contributed by atoms with Crippen LogP contribution >= 0.6 is 11.8 Å². The number of nitrogens with one attached hydrogen (secondary N) is 1. The van der Waals surface area contributed by atoms with Gasteiger partial charge in [-0.05, 0) is 36.5 Å². The number of carbonyl (C=O) groups excluding carboxylic acids is 1. The van der Waals surface area contributed by atoms with E-state index in [1.165, 1.54) is 12.1 Å². The van der Waals surface area contributed by atoms with Crippen molar-refractivity contribution in [3.63, 3.8) is 0 Å². The maximum absolute atomic E-state index is 13.5. The number of methoxy groups -OCH3 is 1. The SMILES string of the molecule is COC1(CNC(=O)c2ccccc2F)CCSCC1. The Balaban J connectivity index is 1.98. The average molecular weight is 283 g/mol. The molecule has 5 heteroatoms. The van der Waals surface area contributed by atoms with E-state index in [-0.39, 0.29) is 17.1 Å². The largest absolute Gasteiger partial charge is 0.376 e. The van der Waals surface area contributed by atoms with Gasteiger partial charge < -0.3 is 10.1 Å². The van der Waals surface area contributed by atoms with Crippen LogP contribution < -0.4 is 5.32 Å². The summed E-state index contributed by atoms with van der Waals surface area (Å²) in [7, 11) is 1.67. The summed E-state index contributed by atoms with van der Waals surface area (Å²) in [5.74, 6) is 1.19. The molecular formula is C14H18FNO2S. The number of hydrogen-bond donors (Lipinski definition) is 1. The molecule has 19 heavy (non-hydrogen) atoms. The van der Waals surface area contributed by atoms with Crippen molar-refractivity contribution in [2.45, 2.75) is 18.4 Å². The molecular weight excluding hydrogens is 265 g/mol. The summed E-state index contributed by atoms with van der Waals surface area (Å²) in [5.41, 5.74) is -0.217. The summed E-state index contributed by atoms with van der Waals surface area (Å²) in [6.45, 7) is 0.428. The predicted octanol–water partition coefficient (Wildman–Crippen LogP) is 2.47. The van der Waals surface area contributed by atoms with E-state index in [1.807, 2.05) is 11.8 Å². The van der Waals surface area contributed by atoms with E-state index < -0.39 is 5.82 Å². The molecule has 2 rings (SSSR count). The minimum Gasteiger partial charge on any atom is -0.376 e. The van der Waals surface area contributed by atoms with Crippen molar-refractivity contribution in [1.82, 2.24) is 5.32 Å². The lowest BCUT2D eigenvalue weighted by molar-refractivity contribution is -0.0150. The van der Waals surface area contributed by atoms with Crippen LogP contribution in [0.4, 0.5) is 4.39 Å². The molecule has 1 aliphatic heterocycles. The number of halogens is 1. The number of hydrogen-bond acceptors (Lipinski definition) is 3. The van der Waals surface area contributed by atoms with Crippen molar-refractivity contribution in [3.05, 3.63) is 35.6 Å². The summed E-state index contributed by atoms with van der Waals surface area (Å²) in [6, 6.07) is 6.00. The van der Waals surface area contributed by atoms with Crippen LogP contribution in [0.25, 0.3) is 0 Å². The molecule has 1 N–H and O–H groups in total. The van der Waals surface area contributed by atoms with Crippen LogP contribution in [0, 0.1) is 5.82 Å². The summed E-state index contributed by atoms with van der Waals surface area (Å²) >= 11 is 1.89. The molecule has 0 aliphatic carbocycles. The Hall–Kier alpha value is -1.07. The molecule has 0 aromatic heterocycles. The van der Waals surface area contributed by atoms with Gasteiger partial charge in [-0.25, -0.2) is 4.39 Å². The molecule has 1 saturated heterocycles. The van der Waals surface area contributed by atoms with Crippen LogP contribution in [0.2, 0.25) is 0 Å². The van der Waals surface area contributed by atoms with Crippen LogP contribution in [0.3, 0.4) is 0 Å². The van der Waals surface area contributed by atoms with E-state index in [9.17, 15) is 9.18 Å². The van der Waals surface area contributed by atoms with Gasteiger partial charge in [0.05, 0.1) is 11.2 Å². The Labute approximate surface area is 116 Å². The van der Waals surface area contributed by atoms with E-state index in [2.05, 4.69) is 5.32 Å². The lowest BCUT2D eigenvalue weighted by Crippen LogP contribution is -2.47. The van der Waals surface area contributed by atoms with E-state index in [0.717, 1.165) is 24.3 Å². The normalized spacial score (nSPS) is 18.0. The third-order valence-corrected chi connectivity index (χ3v) is 4.51. The van der Waals surface area contributed by atoms with Crippen molar-refractivity contribution < 1.29 is 13.9 Å². The molecule has 0 spiro atoms. The first-order chi connectivity index (χ1) is 9.17. The molecule has 1 fully saturated rings. The Bertz CT molecular complexity index is 447. The minimum atomic E-state index is -0.495. The molecule has 0 unspecified atom stereocenters. The fraction of sp³-hybridized carbons (Fsp3) is 0.500. The molecule has 104 valence electrons. The minimum absolute atomic E-state index is 0.0823. The van der Waals surface area contributed by atoms with Crippen molar-refractivity contribution in [3.8, 4) is 0 Å². The highest BCUT2D eigenvalue weighted by Crippen LogP contribution is 2.29. The van der Waals surface area contributed by atoms with Crippen molar-refractivity contribution in [1.29, 1.82) is 0 Å². The van der Waals surface area contributed by atoms with Gasteiger partial charge in [0.1, 0.15) is 5.82 Å². The zero-order valence-electron chi connectivity index (χ0n) is 10.9. The van der Waals surface area contributed by atoms with E-state index in [1.54, 1.807) is 19.2 Å².